The van der Waals surface area contributed by atoms with E-state index in [-0.39, 0.29) is 28.4 Å². The van der Waals surface area contributed by atoms with Crippen LogP contribution in [0, 0.1) is 5.82 Å². The van der Waals surface area contributed by atoms with Gasteiger partial charge in [0.1, 0.15) is 17.1 Å². The van der Waals surface area contributed by atoms with Crippen molar-refractivity contribution in [3.05, 3.63) is 82.6 Å². The maximum atomic E-state index is 13.8. The Morgan fingerprint density at radius 1 is 1.05 bits per heavy atom. The molecule has 2 fully saturated rings. The Morgan fingerprint density at radius 3 is 2.49 bits per heavy atom. The number of hydrogen-bond donors (Lipinski definition) is 3. The van der Waals surface area contributed by atoms with Gasteiger partial charge in [0.25, 0.3) is 5.91 Å². The van der Waals surface area contributed by atoms with E-state index in [0.29, 0.717) is 22.8 Å². The second-order valence-electron chi connectivity index (χ2n) is 11.4. The summed E-state index contributed by atoms with van der Waals surface area (Å²) in [4.78, 5) is 32.5. The third kappa shape index (κ3) is 5.55. The van der Waals surface area contributed by atoms with Crippen molar-refractivity contribution in [1.29, 1.82) is 0 Å². The molecule has 0 radical (unpaired) electrons. The molecule has 0 bridgehead atoms. The van der Waals surface area contributed by atoms with Gasteiger partial charge in [-0.05, 0) is 90.9 Å². The van der Waals surface area contributed by atoms with Gasteiger partial charge in [0.2, 0.25) is 5.91 Å². The highest BCUT2D eigenvalue weighted by atomic mass is 32.2. The zero-order valence-corrected chi connectivity index (χ0v) is 24.6. The summed E-state index contributed by atoms with van der Waals surface area (Å²) in [6, 6.07) is 16.2. The Balaban J connectivity index is 1.20. The number of hydrogen-bond acceptors (Lipinski definition) is 8. The fraction of sp³-hybridized carbons (Fsp3) is 0.323. The minimum absolute atomic E-state index is 0.0678. The maximum Gasteiger partial charge on any atom is 0.254 e. The van der Waals surface area contributed by atoms with Gasteiger partial charge in [-0.15, -0.1) is 11.3 Å². The third-order valence-corrected chi connectivity index (χ3v) is 11.3. The number of nitrogens with one attached hydrogen (secondary N) is 2. The van der Waals surface area contributed by atoms with E-state index in [2.05, 4.69) is 15.6 Å². The lowest BCUT2D eigenvalue weighted by molar-refractivity contribution is -0.121. The topological polar surface area (TPSA) is 129 Å². The Bertz CT molecular complexity index is 1850. The molecule has 4 aromatic rings. The summed E-state index contributed by atoms with van der Waals surface area (Å²) < 4.78 is 41.8. The molecule has 1 aliphatic heterocycles. The zero-order chi connectivity index (χ0) is 29.9. The number of amides is 2. The van der Waals surface area contributed by atoms with Crippen molar-refractivity contribution in [2.75, 3.05) is 6.54 Å². The van der Waals surface area contributed by atoms with Gasteiger partial charge in [0.15, 0.2) is 15.1 Å². The predicted molar refractivity (Wildman–Crippen MR) is 159 cm³/mol. The largest absolute Gasteiger partial charge is 0.377 e. The number of fused-ring (bicyclic) bond motifs is 2. The van der Waals surface area contributed by atoms with Gasteiger partial charge in [-0.1, -0.05) is 12.1 Å². The molecule has 2 amide bonds. The lowest BCUT2D eigenvalue weighted by Gasteiger charge is -2.18. The first-order valence-electron chi connectivity index (χ1n) is 14.2. The number of rotatable bonds is 10. The summed E-state index contributed by atoms with van der Waals surface area (Å²) >= 11 is 1.09. The number of nitrogens with zero attached hydrogens (tertiary/aromatic N) is 2. The lowest BCUT2D eigenvalue weighted by Crippen LogP contribution is -2.44. The number of aromatic nitrogens is 1. The molecule has 3 aromatic carbocycles. The van der Waals surface area contributed by atoms with Gasteiger partial charge in [-0.2, -0.15) is 0 Å². The highest BCUT2D eigenvalue weighted by Gasteiger charge is 2.40. The predicted octanol–water partition coefficient (Wildman–Crippen LogP) is 3.92. The molecule has 0 spiro atoms. The van der Waals surface area contributed by atoms with Crippen LogP contribution < -0.4 is 10.6 Å². The van der Waals surface area contributed by atoms with E-state index >= 15 is 0 Å². The molecule has 2 atom stereocenters. The van der Waals surface area contributed by atoms with E-state index in [9.17, 15) is 27.5 Å². The molecule has 0 saturated heterocycles. The van der Waals surface area contributed by atoms with Gasteiger partial charge < -0.3 is 15.3 Å². The Morgan fingerprint density at radius 2 is 1.77 bits per heavy atom. The highest BCUT2D eigenvalue weighted by Crippen LogP contribution is 2.39. The number of aliphatic hydroxyl groups excluding tert-OH is 1. The van der Waals surface area contributed by atoms with E-state index in [1.807, 2.05) is 35.2 Å². The minimum Gasteiger partial charge on any atom is -0.377 e. The number of halogens is 1. The van der Waals surface area contributed by atoms with E-state index in [1.165, 1.54) is 0 Å². The standard InChI is InChI=1S/C31H29FN4O5S2/c32-20-3-9-23(10-4-20)43(40,41)28(29(38)33-15-27(37)34-21-5-6-21)30-35-25-12-2-18(14-26(25)42-30)17-1-11-24-19(13-17)16-36(31(24)39)22-7-8-22/h1-4,9-14,21-22,27-28,34,37H,5-8,15-16H2,(H,33,38). The van der Waals surface area contributed by atoms with Crippen molar-refractivity contribution in [3.8, 4) is 11.1 Å². The van der Waals surface area contributed by atoms with Gasteiger partial charge in [-0.3, -0.25) is 14.9 Å². The van der Waals surface area contributed by atoms with Crippen molar-refractivity contribution in [1.82, 2.24) is 20.5 Å². The number of benzene rings is 3. The monoisotopic (exact) mass is 620 g/mol. The summed E-state index contributed by atoms with van der Waals surface area (Å²) in [7, 11) is -4.33. The van der Waals surface area contributed by atoms with E-state index in [4.69, 9.17) is 0 Å². The van der Waals surface area contributed by atoms with Crippen LogP contribution in [-0.2, 0) is 21.2 Å². The van der Waals surface area contributed by atoms with Crippen molar-refractivity contribution >= 4 is 43.2 Å². The molecular formula is C31H29FN4O5S2. The third-order valence-electron chi connectivity index (χ3n) is 8.05. The molecule has 43 heavy (non-hydrogen) atoms. The van der Waals surface area contributed by atoms with Crippen LogP contribution in [0.3, 0.4) is 0 Å². The minimum atomic E-state index is -4.33. The molecule has 9 nitrogen and oxygen atoms in total. The molecule has 222 valence electrons. The van der Waals surface area contributed by atoms with Crippen LogP contribution in [0.25, 0.3) is 21.3 Å². The second kappa shape index (κ2) is 10.8. The average Bonchev–Trinajstić information content (AvgIpc) is 3.92. The Hall–Kier alpha value is -3.71. The first kappa shape index (κ1) is 28.1. The summed E-state index contributed by atoms with van der Waals surface area (Å²) in [5, 5.41) is 14.1. The van der Waals surface area contributed by atoms with Crippen LogP contribution in [0.4, 0.5) is 4.39 Å². The fourth-order valence-electron chi connectivity index (χ4n) is 5.46. The average molecular weight is 621 g/mol. The Labute approximate surface area is 251 Å². The smallest absolute Gasteiger partial charge is 0.254 e. The van der Waals surface area contributed by atoms with Crippen molar-refractivity contribution in [2.24, 2.45) is 0 Å². The van der Waals surface area contributed by atoms with E-state index < -0.39 is 33.0 Å². The molecule has 3 aliphatic rings. The molecule has 2 saturated carbocycles. The van der Waals surface area contributed by atoms with Crippen molar-refractivity contribution in [2.45, 2.75) is 60.7 Å². The van der Waals surface area contributed by atoms with Crippen LogP contribution >= 0.6 is 11.3 Å². The van der Waals surface area contributed by atoms with Crippen LogP contribution in [0.15, 0.2) is 65.6 Å². The fourth-order valence-corrected chi connectivity index (χ4v) is 8.44. The van der Waals surface area contributed by atoms with Crippen LogP contribution in [0.5, 0.6) is 0 Å². The van der Waals surface area contributed by atoms with Crippen LogP contribution in [-0.4, -0.2) is 60.1 Å². The van der Waals surface area contributed by atoms with Crippen LogP contribution in [0.1, 0.15) is 51.9 Å². The molecule has 1 aromatic heterocycles. The number of aliphatic hydroxyl groups is 1. The molecule has 3 N–H and O–H groups in total. The quantitative estimate of drug-likeness (QED) is 0.181. The highest BCUT2D eigenvalue weighted by molar-refractivity contribution is 7.92. The summed E-state index contributed by atoms with van der Waals surface area (Å²) in [6.07, 6.45) is 2.93. The van der Waals surface area contributed by atoms with Crippen molar-refractivity contribution in [3.63, 3.8) is 0 Å². The van der Waals surface area contributed by atoms with E-state index in [1.54, 1.807) is 6.07 Å². The maximum absolute atomic E-state index is 13.8. The van der Waals surface area contributed by atoms with Gasteiger partial charge in [0, 0.05) is 24.2 Å². The van der Waals surface area contributed by atoms with E-state index in [0.717, 1.165) is 83.5 Å². The molecule has 2 heterocycles. The second-order valence-corrected chi connectivity index (χ2v) is 14.4. The summed E-state index contributed by atoms with van der Waals surface area (Å²) in [5.74, 6) is -1.35. The van der Waals surface area contributed by atoms with Gasteiger partial charge >= 0.3 is 0 Å². The zero-order valence-electron chi connectivity index (χ0n) is 23.0. The molecule has 7 rings (SSSR count). The first-order chi connectivity index (χ1) is 20.7. The Kier molecular flexibility index (Phi) is 7.04. The molecule has 2 aliphatic carbocycles. The van der Waals surface area contributed by atoms with Crippen LogP contribution in [0.2, 0.25) is 0 Å². The first-order valence-corrected chi connectivity index (χ1v) is 16.6. The van der Waals surface area contributed by atoms with Gasteiger partial charge in [0.05, 0.1) is 21.7 Å². The SMILES string of the molecule is O=C(NCC(O)NC1CC1)C(c1nc2ccc(-c3ccc4c(c3)CN(C3CC3)C4=O)cc2s1)S(=O)(=O)c1ccc(F)cc1. The molecule has 2 unspecified atom stereocenters. The summed E-state index contributed by atoms with van der Waals surface area (Å²) in [6.45, 7) is 0.418. The normalized spacial score (nSPS) is 18.1. The number of sulfone groups is 1. The lowest BCUT2D eigenvalue weighted by atomic mass is 10.0. The van der Waals surface area contributed by atoms with Gasteiger partial charge in [-0.25, -0.2) is 17.8 Å². The summed E-state index contributed by atoms with van der Waals surface area (Å²) in [5.41, 5.74) is 4.04. The number of carbonyl (C=O) groups is 2. The number of carbonyl (C=O) groups excluding carboxylic acids is 2. The molecular weight excluding hydrogens is 591 g/mol. The molecule has 12 heteroatoms. The van der Waals surface area contributed by atoms with Crippen molar-refractivity contribution < 1.29 is 27.5 Å². The number of thiazole rings is 1.